The zero-order valence-electron chi connectivity index (χ0n) is 11.6. The second kappa shape index (κ2) is 5.83. The Bertz CT molecular complexity index is 776. The Labute approximate surface area is 128 Å². The van der Waals surface area contributed by atoms with Crippen LogP contribution >= 0.6 is 11.6 Å². The van der Waals surface area contributed by atoms with Gasteiger partial charge in [-0.2, -0.15) is 0 Å². The number of ether oxygens (including phenoxy) is 1. The second-order valence-corrected chi connectivity index (χ2v) is 6.54. The van der Waals surface area contributed by atoms with Crippen molar-refractivity contribution >= 4 is 33.0 Å². The highest BCUT2D eigenvalue weighted by Crippen LogP contribution is 2.29. The van der Waals surface area contributed by atoms with E-state index in [2.05, 4.69) is 4.72 Å². The molecule has 0 unspecified atom stereocenters. The monoisotopic (exact) mass is 326 g/mol. The van der Waals surface area contributed by atoms with Gasteiger partial charge >= 0.3 is 0 Å². The topological polar surface area (TPSA) is 81.4 Å². The lowest BCUT2D eigenvalue weighted by Gasteiger charge is -2.12. The fourth-order valence-electron chi connectivity index (χ4n) is 1.85. The zero-order valence-corrected chi connectivity index (χ0v) is 13.1. The Morgan fingerprint density at radius 1 is 1.19 bits per heavy atom. The summed E-state index contributed by atoms with van der Waals surface area (Å²) >= 11 is 5.98. The van der Waals surface area contributed by atoms with Gasteiger partial charge in [-0.1, -0.05) is 17.7 Å². The van der Waals surface area contributed by atoms with Gasteiger partial charge < -0.3 is 10.5 Å². The van der Waals surface area contributed by atoms with E-state index >= 15 is 0 Å². The highest BCUT2D eigenvalue weighted by atomic mass is 35.5. The van der Waals surface area contributed by atoms with E-state index in [1.54, 1.807) is 31.2 Å². The molecule has 112 valence electrons. The SMILES string of the molecule is COc1ccc(NS(=O)(=O)c2cc(N)ccc2C)cc1Cl. The molecule has 0 radical (unpaired) electrons. The zero-order chi connectivity index (χ0) is 15.6. The number of halogens is 1. The lowest BCUT2D eigenvalue weighted by molar-refractivity contribution is 0.415. The molecule has 2 aromatic rings. The van der Waals surface area contributed by atoms with Crippen LogP contribution in [0.25, 0.3) is 0 Å². The van der Waals surface area contributed by atoms with E-state index in [1.807, 2.05) is 0 Å². The third-order valence-electron chi connectivity index (χ3n) is 2.91. The molecule has 2 aromatic carbocycles. The first kappa shape index (κ1) is 15.5. The van der Waals surface area contributed by atoms with Crippen LogP contribution < -0.4 is 15.2 Å². The van der Waals surface area contributed by atoms with E-state index in [4.69, 9.17) is 22.1 Å². The van der Waals surface area contributed by atoms with Gasteiger partial charge in [-0.05, 0) is 42.8 Å². The van der Waals surface area contributed by atoms with Crippen LogP contribution in [0.5, 0.6) is 5.75 Å². The number of nitrogen functional groups attached to an aromatic ring is 1. The predicted molar refractivity (Wildman–Crippen MR) is 84.4 cm³/mol. The number of aryl methyl sites for hydroxylation is 1. The molecule has 2 rings (SSSR count). The summed E-state index contributed by atoms with van der Waals surface area (Å²) in [4.78, 5) is 0.134. The summed E-state index contributed by atoms with van der Waals surface area (Å²) in [7, 11) is -2.25. The Hall–Kier alpha value is -1.92. The van der Waals surface area contributed by atoms with Gasteiger partial charge in [-0.15, -0.1) is 0 Å². The minimum absolute atomic E-state index is 0.134. The number of anilines is 2. The van der Waals surface area contributed by atoms with Crippen molar-refractivity contribution in [2.24, 2.45) is 0 Å². The third-order valence-corrected chi connectivity index (χ3v) is 4.72. The molecule has 7 heteroatoms. The quantitative estimate of drug-likeness (QED) is 0.846. The number of nitrogens with two attached hydrogens (primary N) is 1. The first-order valence-electron chi connectivity index (χ1n) is 6.06. The summed E-state index contributed by atoms with van der Waals surface area (Å²) in [6.07, 6.45) is 0. The lowest BCUT2D eigenvalue weighted by Crippen LogP contribution is -2.14. The van der Waals surface area contributed by atoms with Crippen LogP contribution in [0.4, 0.5) is 11.4 Å². The maximum Gasteiger partial charge on any atom is 0.262 e. The molecule has 0 saturated carbocycles. The van der Waals surface area contributed by atoms with Crippen LogP contribution in [0, 0.1) is 6.92 Å². The van der Waals surface area contributed by atoms with Gasteiger partial charge in [0.2, 0.25) is 0 Å². The third kappa shape index (κ3) is 3.40. The maximum atomic E-state index is 12.4. The molecule has 0 atom stereocenters. The van der Waals surface area contributed by atoms with Gasteiger partial charge in [-0.3, -0.25) is 4.72 Å². The minimum Gasteiger partial charge on any atom is -0.495 e. The molecule has 3 N–H and O–H groups in total. The highest BCUT2D eigenvalue weighted by molar-refractivity contribution is 7.92. The van der Waals surface area contributed by atoms with Crippen LogP contribution in [0.15, 0.2) is 41.3 Å². The molecule has 0 fully saturated rings. The Morgan fingerprint density at radius 3 is 2.52 bits per heavy atom. The first-order valence-corrected chi connectivity index (χ1v) is 7.92. The highest BCUT2D eigenvalue weighted by Gasteiger charge is 2.17. The smallest absolute Gasteiger partial charge is 0.262 e. The van der Waals surface area contributed by atoms with E-state index in [-0.39, 0.29) is 4.90 Å². The molecule has 5 nitrogen and oxygen atoms in total. The number of hydrogen-bond donors (Lipinski definition) is 2. The fourth-order valence-corrected chi connectivity index (χ4v) is 3.43. The van der Waals surface area contributed by atoms with Crippen molar-refractivity contribution in [3.05, 3.63) is 47.0 Å². The normalized spacial score (nSPS) is 11.2. The number of hydrogen-bond acceptors (Lipinski definition) is 4. The van der Waals surface area contributed by atoms with E-state index in [9.17, 15) is 8.42 Å². The van der Waals surface area contributed by atoms with E-state index in [0.29, 0.717) is 27.7 Å². The number of rotatable bonds is 4. The molecule has 21 heavy (non-hydrogen) atoms. The Balaban J connectivity index is 2.37. The van der Waals surface area contributed by atoms with Crippen molar-refractivity contribution < 1.29 is 13.2 Å². The van der Waals surface area contributed by atoms with E-state index < -0.39 is 10.0 Å². The summed E-state index contributed by atoms with van der Waals surface area (Å²) in [6, 6.07) is 9.38. The van der Waals surface area contributed by atoms with Gasteiger partial charge in [0.25, 0.3) is 10.0 Å². The molecule has 0 amide bonds. The Kier molecular flexibility index (Phi) is 4.29. The number of nitrogens with one attached hydrogen (secondary N) is 1. The summed E-state index contributed by atoms with van der Waals surface area (Å²) in [5.41, 5.74) is 6.99. The average molecular weight is 327 g/mol. The van der Waals surface area contributed by atoms with Crippen molar-refractivity contribution in [2.75, 3.05) is 17.6 Å². The lowest BCUT2D eigenvalue weighted by atomic mass is 10.2. The van der Waals surface area contributed by atoms with Crippen molar-refractivity contribution in [3.63, 3.8) is 0 Å². The standard InChI is InChI=1S/C14H15ClN2O3S/c1-9-3-4-10(16)7-14(9)21(18,19)17-11-5-6-13(20-2)12(15)8-11/h3-8,17H,16H2,1-2H3. The minimum atomic E-state index is -3.73. The van der Waals surface area contributed by atoms with Gasteiger partial charge in [0, 0.05) is 5.69 Å². The van der Waals surface area contributed by atoms with Gasteiger partial charge in [0.1, 0.15) is 5.75 Å². The average Bonchev–Trinajstić information content (AvgIpc) is 2.41. The molecule has 0 aliphatic carbocycles. The fraction of sp³-hybridized carbons (Fsp3) is 0.143. The van der Waals surface area contributed by atoms with Crippen molar-refractivity contribution in [1.29, 1.82) is 0 Å². The Morgan fingerprint density at radius 2 is 1.90 bits per heavy atom. The molecule has 0 bridgehead atoms. The van der Waals surface area contributed by atoms with Crippen LogP contribution in [0.3, 0.4) is 0 Å². The first-order chi connectivity index (χ1) is 9.83. The summed E-state index contributed by atoms with van der Waals surface area (Å²) < 4.78 is 32.3. The number of sulfonamides is 1. The second-order valence-electron chi connectivity index (χ2n) is 4.48. The van der Waals surface area contributed by atoms with Crippen molar-refractivity contribution in [3.8, 4) is 5.75 Å². The van der Waals surface area contributed by atoms with Crippen LogP contribution in [-0.2, 0) is 10.0 Å². The maximum absolute atomic E-state index is 12.4. The number of benzene rings is 2. The van der Waals surface area contributed by atoms with Gasteiger partial charge in [-0.25, -0.2) is 8.42 Å². The summed E-state index contributed by atoms with van der Waals surface area (Å²) in [6.45, 7) is 1.70. The van der Waals surface area contributed by atoms with Crippen LogP contribution in [0.2, 0.25) is 5.02 Å². The van der Waals surface area contributed by atoms with Crippen LogP contribution in [-0.4, -0.2) is 15.5 Å². The molecule has 0 aliphatic rings. The van der Waals surface area contributed by atoms with Gasteiger partial charge in [0.15, 0.2) is 0 Å². The van der Waals surface area contributed by atoms with Crippen molar-refractivity contribution in [2.45, 2.75) is 11.8 Å². The summed E-state index contributed by atoms with van der Waals surface area (Å²) in [5, 5.41) is 0.321. The molecular formula is C14H15ClN2O3S. The molecule has 0 aliphatic heterocycles. The van der Waals surface area contributed by atoms with Gasteiger partial charge in [0.05, 0.1) is 22.7 Å². The molecule has 0 saturated heterocycles. The van der Waals surface area contributed by atoms with E-state index in [1.165, 1.54) is 19.2 Å². The largest absolute Gasteiger partial charge is 0.495 e. The van der Waals surface area contributed by atoms with E-state index in [0.717, 1.165) is 0 Å². The number of methoxy groups -OCH3 is 1. The van der Waals surface area contributed by atoms with Crippen molar-refractivity contribution in [1.82, 2.24) is 0 Å². The molecular weight excluding hydrogens is 312 g/mol. The molecule has 0 heterocycles. The summed E-state index contributed by atoms with van der Waals surface area (Å²) in [5.74, 6) is 0.472. The predicted octanol–water partition coefficient (Wildman–Crippen LogP) is 3.04. The molecule has 0 aromatic heterocycles. The molecule has 0 spiro atoms. The van der Waals surface area contributed by atoms with Crippen LogP contribution in [0.1, 0.15) is 5.56 Å².